The van der Waals surface area contributed by atoms with Crippen molar-refractivity contribution in [1.29, 1.82) is 0 Å². The predicted molar refractivity (Wildman–Crippen MR) is 131 cm³/mol. The van der Waals surface area contributed by atoms with Gasteiger partial charge in [-0.25, -0.2) is 8.70 Å². The molecule has 1 N–H and O–H groups in total. The average Bonchev–Trinajstić information content (AvgIpc) is 2.81. The van der Waals surface area contributed by atoms with Crippen LogP contribution in [0.5, 0.6) is 0 Å². The SMILES string of the molecule is CC[C@@H](C)NC(=O)[C@@H](C)N(Cc1ccccc1F)C(=O)CN(c1ccccc1)S(=O)(=O)N(C)C. The van der Waals surface area contributed by atoms with Crippen molar-refractivity contribution in [2.75, 3.05) is 24.9 Å². The predicted octanol–water partition coefficient (Wildman–Crippen LogP) is 2.77. The Morgan fingerprint density at radius 1 is 1.00 bits per heavy atom. The second-order valence-electron chi connectivity index (χ2n) is 8.24. The highest BCUT2D eigenvalue weighted by molar-refractivity contribution is 7.90. The lowest BCUT2D eigenvalue weighted by Gasteiger charge is -2.33. The van der Waals surface area contributed by atoms with Gasteiger partial charge in [0.1, 0.15) is 18.4 Å². The third-order valence-corrected chi connectivity index (χ3v) is 7.35. The second-order valence-corrected chi connectivity index (χ2v) is 10.3. The molecule has 0 aliphatic heterocycles. The van der Waals surface area contributed by atoms with Gasteiger partial charge in [-0.05, 0) is 38.5 Å². The molecule has 2 rings (SSSR count). The standard InChI is InChI=1S/C24H33FN4O4S/c1-6-18(2)26-24(31)19(3)28(16-20-12-10-11-15-22(20)25)23(30)17-29(34(32,33)27(4)5)21-13-8-7-9-14-21/h7-15,18-19H,6,16-17H2,1-5H3,(H,26,31)/t18-,19-/m1/s1. The summed E-state index contributed by atoms with van der Waals surface area (Å²) in [6.45, 7) is 4.56. The molecule has 0 spiro atoms. The Hall–Kier alpha value is -2.98. The number of nitrogens with zero attached hydrogens (tertiary/aromatic N) is 3. The van der Waals surface area contributed by atoms with Crippen LogP contribution in [0.15, 0.2) is 54.6 Å². The summed E-state index contributed by atoms with van der Waals surface area (Å²) in [5, 5.41) is 2.83. The minimum absolute atomic E-state index is 0.115. The van der Waals surface area contributed by atoms with Crippen molar-refractivity contribution in [2.45, 2.75) is 45.8 Å². The van der Waals surface area contributed by atoms with Crippen LogP contribution in [-0.2, 0) is 26.3 Å². The molecule has 2 aromatic carbocycles. The van der Waals surface area contributed by atoms with E-state index in [1.165, 1.54) is 37.2 Å². The monoisotopic (exact) mass is 492 g/mol. The molecule has 2 atom stereocenters. The number of benzene rings is 2. The molecular weight excluding hydrogens is 459 g/mol. The Morgan fingerprint density at radius 3 is 2.15 bits per heavy atom. The molecule has 0 bridgehead atoms. The molecular formula is C24H33FN4O4S. The van der Waals surface area contributed by atoms with Crippen LogP contribution < -0.4 is 9.62 Å². The van der Waals surface area contributed by atoms with Gasteiger partial charge in [-0.3, -0.25) is 9.59 Å². The Labute approximate surface area is 201 Å². The highest BCUT2D eigenvalue weighted by Crippen LogP contribution is 2.21. The van der Waals surface area contributed by atoms with Crippen LogP contribution in [0.1, 0.15) is 32.8 Å². The normalized spacial score (nSPS) is 13.3. The van der Waals surface area contributed by atoms with E-state index < -0.39 is 40.4 Å². The maximum Gasteiger partial charge on any atom is 0.304 e. The van der Waals surface area contributed by atoms with Gasteiger partial charge in [0.25, 0.3) is 0 Å². The highest BCUT2D eigenvalue weighted by atomic mass is 32.2. The minimum atomic E-state index is -4.03. The zero-order valence-electron chi connectivity index (χ0n) is 20.2. The van der Waals surface area contributed by atoms with Crippen LogP contribution >= 0.6 is 0 Å². The number of hydrogen-bond donors (Lipinski definition) is 1. The minimum Gasteiger partial charge on any atom is -0.352 e. The quantitative estimate of drug-likeness (QED) is 0.522. The first-order valence-electron chi connectivity index (χ1n) is 11.1. The molecule has 0 aromatic heterocycles. The Morgan fingerprint density at radius 2 is 1.59 bits per heavy atom. The number of amides is 2. The van der Waals surface area contributed by atoms with Crippen molar-refractivity contribution in [1.82, 2.24) is 14.5 Å². The fourth-order valence-corrected chi connectivity index (χ4v) is 4.23. The molecule has 2 amide bonds. The van der Waals surface area contributed by atoms with E-state index in [1.54, 1.807) is 43.3 Å². The number of hydrogen-bond acceptors (Lipinski definition) is 4. The molecule has 0 saturated carbocycles. The molecule has 0 heterocycles. The van der Waals surface area contributed by atoms with E-state index >= 15 is 0 Å². The maximum atomic E-state index is 14.4. The molecule has 186 valence electrons. The first kappa shape index (κ1) is 27.3. The summed E-state index contributed by atoms with van der Waals surface area (Å²) in [6.07, 6.45) is 0.697. The number of nitrogens with one attached hydrogen (secondary N) is 1. The summed E-state index contributed by atoms with van der Waals surface area (Å²) in [5.41, 5.74) is 0.521. The van der Waals surface area contributed by atoms with Crippen molar-refractivity contribution in [2.24, 2.45) is 0 Å². The lowest BCUT2D eigenvalue weighted by molar-refractivity contribution is -0.139. The third-order valence-electron chi connectivity index (χ3n) is 5.53. The van der Waals surface area contributed by atoms with Crippen molar-refractivity contribution in [3.8, 4) is 0 Å². The Kier molecular flexibility index (Phi) is 9.57. The van der Waals surface area contributed by atoms with Crippen LogP contribution in [0.2, 0.25) is 0 Å². The molecule has 0 radical (unpaired) electrons. The molecule has 0 aliphatic rings. The Balaban J connectivity index is 2.43. The van der Waals surface area contributed by atoms with Crippen molar-refractivity contribution in [3.05, 3.63) is 66.0 Å². The van der Waals surface area contributed by atoms with Gasteiger partial charge < -0.3 is 10.2 Å². The zero-order chi connectivity index (χ0) is 25.5. The summed E-state index contributed by atoms with van der Waals surface area (Å²) in [6, 6.07) is 13.1. The van der Waals surface area contributed by atoms with Crippen LogP contribution in [0.4, 0.5) is 10.1 Å². The summed E-state index contributed by atoms with van der Waals surface area (Å²) < 4.78 is 42.5. The summed E-state index contributed by atoms with van der Waals surface area (Å²) in [4.78, 5) is 27.6. The highest BCUT2D eigenvalue weighted by Gasteiger charge is 2.33. The van der Waals surface area contributed by atoms with Crippen molar-refractivity contribution < 1.29 is 22.4 Å². The smallest absolute Gasteiger partial charge is 0.304 e. The van der Waals surface area contributed by atoms with Gasteiger partial charge in [-0.2, -0.15) is 12.7 Å². The summed E-state index contributed by atoms with van der Waals surface area (Å²) in [7, 11) is -1.29. The van der Waals surface area contributed by atoms with E-state index in [1.807, 2.05) is 13.8 Å². The van der Waals surface area contributed by atoms with E-state index in [2.05, 4.69) is 5.32 Å². The fraction of sp³-hybridized carbons (Fsp3) is 0.417. The molecule has 10 heteroatoms. The molecule has 0 saturated heterocycles. The Bertz CT molecular complexity index is 1080. The average molecular weight is 493 g/mol. The number of halogens is 1. The second kappa shape index (κ2) is 11.9. The van der Waals surface area contributed by atoms with E-state index in [0.717, 1.165) is 8.61 Å². The van der Waals surface area contributed by atoms with Crippen LogP contribution in [0.3, 0.4) is 0 Å². The number of para-hydroxylation sites is 1. The molecule has 0 unspecified atom stereocenters. The van der Waals surface area contributed by atoms with E-state index in [4.69, 9.17) is 0 Å². The lowest BCUT2D eigenvalue weighted by Crippen LogP contribution is -2.53. The van der Waals surface area contributed by atoms with Crippen molar-refractivity contribution >= 4 is 27.7 Å². The molecule has 0 fully saturated rings. The topological polar surface area (TPSA) is 90.0 Å². The van der Waals surface area contributed by atoms with Gasteiger partial charge >= 0.3 is 10.2 Å². The fourth-order valence-electron chi connectivity index (χ4n) is 3.17. The van der Waals surface area contributed by atoms with Crippen LogP contribution in [0, 0.1) is 5.82 Å². The molecule has 34 heavy (non-hydrogen) atoms. The van der Waals surface area contributed by atoms with Crippen LogP contribution in [0.25, 0.3) is 0 Å². The number of anilines is 1. The first-order chi connectivity index (χ1) is 16.0. The van der Waals surface area contributed by atoms with E-state index in [-0.39, 0.29) is 18.2 Å². The largest absolute Gasteiger partial charge is 0.352 e. The molecule has 8 nitrogen and oxygen atoms in total. The van der Waals surface area contributed by atoms with Gasteiger partial charge in [0.05, 0.1) is 5.69 Å². The van der Waals surface area contributed by atoms with Gasteiger partial charge in [0.2, 0.25) is 11.8 Å². The molecule has 2 aromatic rings. The molecule has 0 aliphatic carbocycles. The summed E-state index contributed by atoms with van der Waals surface area (Å²) in [5.74, 6) is -1.55. The van der Waals surface area contributed by atoms with Gasteiger partial charge in [0.15, 0.2) is 0 Å². The van der Waals surface area contributed by atoms with E-state index in [0.29, 0.717) is 12.1 Å². The van der Waals surface area contributed by atoms with Gasteiger partial charge in [-0.1, -0.05) is 43.3 Å². The van der Waals surface area contributed by atoms with Gasteiger partial charge in [0, 0.05) is 32.2 Å². The lowest BCUT2D eigenvalue weighted by atomic mass is 10.1. The number of carbonyl (C=O) groups excluding carboxylic acids is 2. The maximum absolute atomic E-state index is 14.4. The third kappa shape index (κ3) is 6.77. The first-order valence-corrected chi connectivity index (χ1v) is 12.5. The van der Waals surface area contributed by atoms with Gasteiger partial charge in [-0.15, -0.1) is 0 Å². The number of rotatable bonds is 11. The van der Waals surface area contributed by atoms with Crippen LogP contribution in [-0.4, -0.2) is 62.2 Å². The van der Waals surface area contributed by atoms with E-state index in [9.17, 15) is 22.4 Å². The number of carbonyl (C=O) groups is 2. The van der Waals surface area contributed by atoms with Crippen molar-refractivity contribution in [3.63, 3.8) is 0 Å². The zero-order valence-corrected chi connectivity index (χ0v) is 21.0. The summed E-state index contributed by atoms with van der Waals surface area (Å²) >= 11 is 0.